The Morgan fingerprint density at radius 1 is 1.25 bits per heavy atom. The van der Waals surface area contributed by atoms with Gasteiger partial charge in [0.2, 0.25) is 0 Å². The Morgan fingerprint density at radius 2 is 2.06 bits per heavy atom. The third-order valence-electron chi connectivity index (χ3n) is 6.36. The predicted octanol–water partition coefficient (Wildman–Crippen LogP) is 3.66. The molecule has 32 heavy (non-hydrogen) atoms. The maximum absolute atomic E-state index is 13.0. The zero-order valence-electron chi connectivity index (χ0n) is 18.3. The fraction of sp³-hybridized carbons (Fsp3) is 0.391. The van der Waals surface area contributed by atoms with Gasteiger partial charge < -0.3 is 9.88 Å². The van der Waals surface area contributed by atoms with Crippen molar-refractivity contribution in [2.75, 3.05) is 29.9 Å². The normalized spacial score (nSPS) is 20.5. The second-order valence-corrected chi connectivity index (χ2v) is 10.9. The molecule has 1 aromatic carbocycles. The van der Waals surface area contributed by atoms with Crippen molar-refractivity contribution < 1.29 is 13.2 Å². The first kappa shape index (κ1) is 20.8. The summed E-state index contributed by atoms with van der Waals surface area (Å²) in [4.78, 5) is 18.2. The molecule has 3 aromatic rings. The van der Waals surface area contributed by atoms with E-state index in [0.717, 1.165) is 23.3 Å². The molecular formula is C23H27N5O3S. The van der Waals surface area contributed by atoms with Gasteiger partial charge >= 0.3 is 6.03 Å². The van der Waals surface area contributed by atoms with Gasteiger partial charge in [-0.2, -0.15) is 5.10 Å². The van der Waals surface area contributed by atoms with Gasteiger partial charge in [-0.15, -0.1) is 0 Å². The van der Waals surface area contributed by atoms with E-state index in [4.69, 9.17) is 0 Å². The van der Waals surface area contributed by atoms with Gasteiger partial charge in [0, 0.05) is 41.3 Å². The van der Waals surface area contributed by atoms with Crippen molar-refractivity contribution in [3.05, 3.63) is 53.4 Å². The lowest BCUT2D eigenvalue weighted by Crippen LogP contribution is -2.38. The molecule has 0 saturated carbocycles. The maximum Gasteiger partial charge on any atom is 0.323 e. The van der Waals surface area contributed by atoms with Crippen molar-refractivity contribution in [2.45, 2.75) is 32.7 Å². The van der Waals surface area contributed by atoms with Gasteiger partial charge in [-0.25, -0.2) is 17.9 Å². The van der Waals surface area contributed by atoms with Crippen molar-refractivity contribution in [3.8, 4) is 0 Å². The van der Waals surface area contributed by atoms with E-state index in [1.807, 2.05) is 19.1 Å². The van der Waals surface area contributed by atoms with Crippen molar-refractivity contribution >= 4 is 38.2 Å². The second-order valence-electron chi connectivity index (χ2n) is 8.70. The third kappa shape index (κ3) is 3.81. The number of fused-ring (bicyclic) bond motifs is 1. The molecule has 8 nitrogen and oxygen atoms in total. The Labute approximate surface area is 187 Å². The van der Waals surface area contributed by atoms with Gasteiger partial charge in [-0.1, -0.05) is 24.3 Å². The first-order valence-corrected chi connectivity index (χ1v) is 12.7. The molecule has 2 amide bonds. The third-order valence-corrected chi connectivity index (χ3v) is 8.11. The zero-order chi connectivity index (χ0) is 22.5. The molecule has 0 radical (unpaired) electrons. The molecule has 1 fully saturated rings. The van der Waals surface area contributed by atoms with Crippen LogP contribution in [0.4, 0.5) is 10.6 Å². The van der Waals surface area contributed by atoms with Crippen molar-refractivity contribution in [3.63, 3.8) is 0 Å². The molecule has 0 aliphatic carbocycles. The minimum absolute atomic E-state index is 0.0662. The number of nitrogens with zero attached hydrogens (tertiary/aromatic N) is 3. The molecule has 2 aliphatic heterocycles. The van der Waals surface area contributed by atoms with Crippen LogP contribution in [0.5, 0.6) is 0 Å². The molecule has 4 heterocycles. The van der Waals surface area contributed by atoms with E-state index < -0.39 is 9.84 Å². The number of hydrogen-bond donors (Lipinski definition) is 2. The number of benzene rings is 1. The summed E-state index contributed by atoms with van der Waals surface area (Å²) >= 11 is 0. The summed E-state index contributed by atoms with van der Waals surface area (Å²) in [6, 6.07) is 9.64. The topological polar surface area (TPSA) is 100 Å². The summed E-state index contributed by atoms with van der Waals surface area (Å²) < 4.78 is 25.4. The average Bonchev–Trinajstić information content (AvgIpc) is 3.41. The summed E-state index contributed by atoms with van der Waals surface area (Å²) in [5, 5.41) is 8.61. The summed E-state index contributed by atoms with van der Waals surface area (Å²) in [6.45, 7) is 5.06. The van der Waals surface area contributed by atoms with Crippen LogP contribution in [-0.4, -0.2) is 58.7 Å². The molecule has 2 N–H and O–H groups in total. The molecule has 9 heteroatoms. The maximum atomic E-state index is 13.0. The Bertz CT molecular complexity index is 1330. The number of aromatic nitrogens is 3. The summed E-state index contributed by atoms with van der Waals surface area (Å²) in [5.41, 5.74) is 5.50. The van der Waals surface area contributed by atoms with Crippen LogP contribution in [0.2, 0.25) is 0 Å². The summed E-state index contributed by atoms with van der Waals surface area (Å²) in [5.74, 6) is 0.782. The van der Waals surface area contributed by atoms with Crippen molar-refractivity contribution in [2.24, 2.45) is 0 Å². The molecule has 2 aliphatic rings. The van der Waals surface area contributed by atoms with Crippen molar-refractivity contribution in [1.29, 1.82) is 0 Å². The quantitative estimate of drug-likeness (QED) is 0.632. The molecule has 168 valence electrons. The van der Waals surface area contributed by atoms with Gasteiger partial charge in [-0.05, 0) is 38.3 Å². The second kappa shape index (κ2) is 7.81. The monoisotopic (exact) mass is 453 g/mol. The molecule has 2 aromatic heterocycles. The number of amides is 2. The molecule has 0 spiro atoms. The first-order valence-electron chi connectivity index (χ1n) is 10.9. The van der Waals surface area contributed by atoms with Crippen LogP contribution in [0.3, 0.4) is 0 Å². The smallest absolute Gasteiger partial charge is 0.323 e. The number of carbonyl (C=O) groups excluding carboxylic acids is 1. The number of hydrogen-bond acceptors (Lipinski definition) is 4. The van der Waals surface area contributed by atoms with Crippen LogP contribution in [0.15, 0.2) is 36.4 Å². The molecule has 0 bridgehead atoms. The van der Waals surface area contributed by atoms with E-state index in [9.17, 15) is 13.2 Å². The van der Waals surface area contributed by atoms with Crippen molar-refractivity contribution in [1.82, 2.24) is 19.7 Å². The zero-order valence-corrected chi connectivity index (χ0v) is 19.1. The SMILES string of the molecule is Cc1cc(NC(=O)N2CC=C(c3c(C)[nH]c4ccccc34)CC2)n(C2CCS(=O)(=O)C2)n1. The van der Waals surface area contributed by atoms with E-state index in [1.54, 1.807) is 15.6 Å². The Balaban J connectivity index is 1.31. The average molecular weight is 454 g/mol. The van der Waals surface area contributed by atoms with E-state index >= 15 is 0 Å². The van der Waals surface area contributed by atoms with Crippen LogP contribution < -0.4 is 5.32 Å². The number of para-hydroxylation sites is 1. The first-order chi connectivity index (χ1) is 15.3. The number of aromatic amines is 1. The Kier molecular flexibility index (Phi) is 5.08. The Hall–Kier alpha value is -3.07. The number of rotatable bonds is 3. The van der Waals surface area contributed by atoms with Gasteiger partial charge in [0.05, 0.1) is 23.2 Å². The van der Waals surface area contributed by atoms with Gasteiger partial charge in [0.1, 0.15) is 5.82 Å². The number of urea groups is 1. The van der Waals surface area contributed by atoms with E-state index in [0.29, 0.717) is 25.3 Å². The molecule has 1 unspecified atom stereocenters. The van der Waals surface area contributed by atoms with E-state index in [2.05, 4.69) is 40.5 Å². The number of H-pyrrole nitrogens is 1. The van der Waals surface area contributed by atoms with Crippen LogP contribution in [0, 0.1) is 13.8 Å². The molecule has 1 atom stereocenters. The van der Waals surface area contributed by atoms with Gasteiger partial charge in [-0.3, -0.25) is 5.32 Å². The number of nitrogens with one attached hydrogen (secondary N) is 2. The fourth-order valence-electron chi connectivity index (χ4n) is 4.82. The van der Waals surface area contributed by atoms with Crippen LogP contribution >= 0.6 is 0 Å². The number of anilines is 1. The minimum atomic E-state index is -3.04. The fourth-order valence-corrected chi connectivity index (χ4v) is 6.51. The van der Waals surface area contributed by atoms with Crippen LogP contribution in [0.1, 0.15) is 35.8 Å². The predicted molar refractivity (Wildman–Crippen MR) is 125 cm³/mol. The largest absolute Gasteiger partial charge is 0.358 e. The highest BCUT2D eigenvalue weighted by atomic mass is 32.2. The van der Waals surface area contributed by atoms with Crippen LogP contribution in [-0.2, 0) is 9.84 Å². The molecule has 5 rings (SSSR count). The summed E-state index contributed by atoms with van der Waals surface area (Å²) in [7, 11) is -3.04. The number of aryl methyl sites for hydroxylation is 2. The van der Waals surface area contributed by atoms with Crippen LogP contribution in [0.25, 0.3) is 16.5 Å². The summed E-state index contributed by atoms with van der Waals surface area (Å²) in [6.07, 6.45) is 3.42. The highest BCUT2D eigenvalue weighted by Gasteiger charge is 2.32. The molecular weight excluding hydrogens is 426 g/mol. The van der Waals surface area contributed by atoms with Gasteiger partial charge in [0.15, 0.2) is 9.84 Å². The number of carbonyl (C=O) groups is 1. The van der Waals surface area contributed by atoms with E-state index in [-0.39, 0.29) is 23.6 Å². The highest BCUT2D eigenvalue weighted by Crippen LogP contribution is 2.32. The lowest BCUT2D eigenvalue weighted by Gasteiger charge is -2.27. The van der Waals surface area contributed by atoms with Gasteiger partial charge in [0.25, 0.3) is 0 Å². The molecule has 1 saturated heterocycles. The Morgan fingerprint density at radius 3 is 2.78 bits per heavy atom. The van der Waals surface area contributed by atoms with E-state index in [1.165, 1.54) is 16.5 Å². The highest BCUT2D eigenvalue weighted by molar-refractivity contribution is 7.91. The number of sulfone groups is 1. The standard InChI is InChI=1S/C23H27N5O3S/c1-15-13-21(28(26-15)18-9-12-32(30,31)14-18)25-23(29)27-10-7-17(8-11-27)22-16(2)24-20-6-4-3-5-19(20)22/h3-7,13,18,24H,8-12,14H2,1-2H3,(H,25,29). The minimum Gasteiger partial charge on any atom is -0.358 e. The lowest BCUT2D eigenvalue weighted by molar-refractivity contribution is 0.216. The lowest BCUT2D eigenvalue weighted by atomic mass is 9.97.